The number of carbonyl (C=O) groups excluding carboxylic acids is 2. The molecule has 0 saturated carbocycles. The van der Waals surface area contributed by atoms with Gasteiger partial charge in [-0.05, 0) is 57.8 Å². The van der Waals surface area contributed by atoms with E-state index in [9.17, 15) is 19.8 Å². The number of hydrogen-bond donors (Lipinski definition) is 3. The van der Waals surface area contributed by atoms with E-state index in [1.165, 1.54) is 340 Å². The molecule has 0 aliphatic carbocycles. The summed E-state index contributed by atoms with van der Waals surface area (Å²) in [5, 5.41) is 23.3. The van der Waals surface area contributed by atoms with E-state index in [0.29, 0.717) is 25.9 Å². The first-order chi connectivity index (χ1) is 40.5. The van der Waals surface area contributed by atoms with Crippen LogP contribution >= 0.6 is 0 Å². The summed E-state index contributed by atoms with van der Waals surface area (Å²) >= 11 is 0. The molecular weight excluding hydrogens is 1010 g/mol. The van der Waals surface area contributed by atoms with Gasteiger partial charge in [0.2, 0.25) is 5.91 Å². The Morgan fingerprint density at radius 3 is 0.951 bits per heavy atom. The minimum Gasteiger partial charge on any atom is -0.466 e. The summed E-state index contributed by atoms with van der Waals surface area (Å²) in [4.78, 5) is 24.6. The highest BCUT2D eigenvalue weighted by Gasteiger charge is 2.20. The highest BCUT2D eigenvalue weighted by atomic mass is 16.5. The second-order valence-electron chi connectivity index (χ2n) is 26.0. The summed E-state index contributed by atoms with van der Waals surface area (Å²) in [7, 11) is 0. The summed E-state index contributed by atoms with van der Waals surface area (Å²) in [5.41, 5.74) is 0. The molecule has 2 unspecified atom stereocenters. The first kappa shape index (κ1) is 80.3. The molecule has 0 rings (SSSR count). The summed E-state index contributed by atoms with van der Waals surface area (Å²) in [6.07, 6.45) is 91.1. The van der Waals surface area contributed by atoms with E-state index in [1.54, 1.807) is 0 Å². The van der Waals surface area contributed by atoms with Crippen LogP contribution in [0.15, 0.2) is 24.3 Å². The minimum absolute atomic E-state index is 0.0182. The molecule has 0 aromatic heterocycles. The molecule has 0 aliphatic rings. The fourth-order valence-corrected chi connectivity index (χ4v) is 12.0. The van der Waals surface area contributed by atoms with Crippen molar-refractivity contribution in [3.8, 4) is 0 Å². The predicted octanol–water partition coefficient (Wildman–Crippen LogP) is 24.5. The monoisotopic (exact) mass is 1150 g/mol. The van der Waals surface area contributed by atoms with Crippen molar-refractivity contribution < 1.29 is 24.5 Å². The lowest BCUT2D eigenvalue weighted by atomic mass is 10.0. The molecule has 6 nitrogen and oxygen atoms in total. The van der Waals surface area contributed by atoms with E-state index in [4.69, 9.17) is 4.74 Å². The van der Waals surface area contributed by atoms with Crippen LogP contribution in [-0.2, 0) is 14.3 Å². The normalized spacial score (nSPS) is 12.6. The fraction of sp³-hybridized carbons (Fsp3) is 0.921. The molecule has 0 aliphatic heterocycles. The maximum absolute atomic E-state index is 12.5. The van der Waals surface area contributed by atoms with Gasteiger partial charge in [0.25, 0.3) is 0 Å². The van der Waals surface area contributed by atoms with Crippen molar-refractivity contribution in [1.29, 1.82) is 0 Å². The Morgan fingerprint density at radius 1 is 0.341 bits per heavy atom. The molecular formula is C76H147NO5. The number of carbonyl (C=O) groups is 2. The van der Waals surface area contributed by atoms with Crippen molar-refractivity contribution in [2.45, 2.75) is 437 Å². The van der Waals surface area contributed by atoms with Gasteiger partial charge in [-0.25, -0.2) is 0 Å². The second kappa shape index (κ2) is 71.8. The van der Waals surface area contributed by atoms with Gasteiger partial charge in [0.05, 0.1) is 25.4 Å². The maximum Gasteiger partial charge on any atom is 0.305 e. The highest BCUT2D eigenvalue weighted by Crippen LogP contribution is 2.20. The van der Waals surface area contributed by atoms with Gasteiger partial charge in [0.15, 0.2) is 0 Å². The molecule has 82 heavy (non-hydrogen) atoms. The van der Waals surface area contributed by atoms with Crippen molar-refractivity contribution in [3.05, 3.63) is 24.3 Å². The summed E-state index contributed by atoms with van der Waals surface area (Å²) in [6.45, 7) is 4.97. The largest absolute Gasteiger partial charge is 0.466 e. The number of amides is 1. The number of allylic oxidation sites excluding steroid dienone is 4. The van der Waals surface area contributed by atoms with Crippen LogP contribution in [0.1, 0.15) is 425 Å². The van der Waals surface area contributed by atoms with Crippen molar-refractivity contribution in [1.82, 2.24) is 5.32 Å². The van der Waals surface area contributed by atoms with Crippen LogP contribution in [0, 0.1) is 0 Å². The number of hydrogen-bond acceptors (Lipinski definition) is 5. The van der Waals surface area contributed by atoms with E-state index >= 15 is 0 Å². The van der Waals surface area contributed by atoms with Gasteiger partial charge in [0, 0.05) is 12.8 Å². The van der Waals surface area contributed by atoms with Crippen LogP contribution < -0.4 is 5.32 Å². The standard InChI is InChI=1S/C76H147NO5/c1-3-5-7-9-11-13-15-17-19-20-35-39-42-46-50-54-58-62-66-70-76(81)82-71-67-63-59-55-51-47-43-40-37-34-32-30-28-26-24-22-21-23-25-27-29-31-33-36-38-41-45-49-53-57-61-65-69-75(80)77-73(72-78)74(79)68-64-60-56-52-48-44-18-16-14-12-10-8-6-4-2/h11,13,17,19,73-74,78-79H,3-10,12,14-16,18,20-72H2,1-2H3,(H,77,80)/b13-11-,19-17-. The number of ether oxygens (including phenoxy) is 1. The molecule has 0 aromatic carbocycles. The van der Waals surface area contributed by atoms with E-state index in [0.717, 1.165) is 51.4 Å². The van der Waals surface area contributed by atoms with Crippen molar-refractivity contribution >= 4 is 11.9 Å². The Balaban J connectivity index is 3.30. The van der Waals surface area contributed by atoms with Crippen molar-refractivity contribution in [2.24, 2.45) is 0 Å². The average molecular weight is 1160 g/mol. The summed E-state index contributed by atoms with van der Waals surface area (Å²) < 4.78 is 5.51. The quantitative estimate of drug-likeness (QED) is 0.0320. The van der Waals surface area contributed by atoms with E-state index in [2.05, 4.69) is 43.5 Å². The highest BCUT2D eigenvalue weighted by molar-refractivity contribution is 5.76. The average Bonchev–Trinajstić information content (AvgIpc) is 3.48. The molecule has 2 atom stereocenters. The number of aliphatic hydroxyl groups excluding tert-OH is 2. The number of nitrogens with one attached hydrogen (secondary N) is 1. The molecule has 0 fully saturated rings. The number of unbranched alkanes of at least 4 members (excludes halogenated alkanes) is 56. The number of esters is 1. The molecule has 3 N–H and O–H groups in total. The second-order valence-corrected chi connectivity index (χ2v) is 26.0. The van der Waals surface area contributed by atoms with Gasteiger partial charge >= 0.3 is 5.97 Å². The maximum atomic E-state index is 12.5. The Bertz CT molecular complexity index is 1280. The number of aliphatic hydroxyl groups is 2. The molecule has 0 spiro atoms. The van der Waals surface area contributed by atoms with Crippen molar-refractivity contribution in [2.75, 3.05) is 13.2 Å². The zero-order chi connectivity index (χ0) is 59.2. The van der Waals surface area contributed by atoms with Crippen LogP contribution in [0.4, 0.5) is 0 Å². The molecule has 0 saturated heterocycles. The summed E-state index contributed by atoms with van der Waals surface area (Å²) in [5.74, 6) is -0.00928. The predicted molar refractivity (Wildman–Crippen MR) is 361 cm³/mol. The van der Waals surface area contributed by atoms with Gasteiger partial charge in [-0.2, -0.15) is 0 Å². The Labute approximate surface area is 513 Å². The fourth-order valence-electron chi connectivity index (χ4n) is 12.0. The topological polar surface area (TPSA) is 95.9 Å². The lowest BCUT2D eigenvalue weighted by molar-refractivity contribution is -0.143. The third-order valence-electron chi connectivity index (χ3n) is 17.8. The zero-order valence-corrected chi connectivity index (χ0v) is 55.8. The Morgan fingerprint density at radius 2 is 0.610 bits per heavy atom. The SMILES string of the molecule is CCCCC/C=C\C/C=C\CCCCCCCCCCCC(=O)OCCCCCCCCCCCCCCCCCCCCCCCCCCCCCCCCCCC(=O)NC(CO)C(O)CCCCCCCCCCCCCCCC. The van der Waals surface area contributed by atoms with Gasteiger partial charge in [0.1, 0.15) is 0 Å². The van der Waals surface area contributed by atoms with Crippen LogP contribution in [-0.4, -0.2) is 47.4 Å². The van der Waals surface area contributed by atoms with E-state index < -0.39 is 12.1 Å². The lowest BCUT2D eigenvalue weighted by Gasteiger charge is -2.22. The van der Waals surface area contributed by atoms with Gasteiger partial charge in [-0.1, -0.05) is 378 Å². The molecule has 0 aromatic rings. The van der Waals surface area contributed by atoms with Gasteiger partial charge < -0.3 is 20.3 Å². The third-order valence-corrected chi connectivity index (χ3v) is 17.8. The Kier molecular flexibility index (Phi) is 70.4. The lowest BCUT2D eigenvalue weighted by Crippen LogP contribution is -2.45. The first-order valence-electron chi connectivity index (χ1n) is 37.6. The third kappa shape index (κ3) is 67.5. The molecule has 6 heteroatoms. The van der Waals surface area contributed by atoms with Crippen LogP contribution in [0.5, 0.6) is 0 Å². The van der Waals surface area contributed by atoms with Crippen molar-refractivity contribution in [3.63, 3.8) is 0 Å². The zero-order valence-electron chi connectivity index (χ0n) is 55.8. The molecule has 0 radical (unpaired) electrons. The van der Waals surface area contributed by atoms with Crippen LogP contribution in [0.2, 0.25) is 0 Å². The first-order valence-corrected chi connectivity index (χ1v) is 37.6. The summed E-state index contributed by atoms with van der Waals surface area (Å²) in [6, 6.07) is -0.537. The van der Waals surface area contributed by atoms with Crippen LogP contribution in [0.3, 0.4) is 0 Å². The van der Waals surface area contributed by atoms with Gasteiger partial charge in [-0.15, -0.1) is 0 Å². The smallest absolute Gasteiger partial charge is 0.305 e. The molecule has 486 valence electrons. The van der Waals surface area contributed by atoms with E-state index in [1.807, 2.05) is 0 Å². The Hall–Kier alpha value is -1.66. The molecule has 0 heterocycles. The molecule has 0 bridgehead atoms. The van der Waals surface area contributed by atoms with Gasteiger partial charge in [-0.3, -0.25) is 9.59 Å². The van der Waals surface area contributed by atoms with E-state index in [-0.39, 0.29) is 18.5 Å². The molecule has 1 amide bonds. The number of rotatable bonds is 71. The van der Waals surface area contributed by atoms with Crippen LogP contribution in [0.25, 0.3) is 0 Å². The minimum atomic E-state index is -0.660.